The monoisotopic (exact) mass is 280 g/mol. The predicted octanol–water partition coefficient (Wildman–Crippen LogP) is 2.64. The molecular formula is C16H16N4O. The molecule has 0 atom stereocenters. The number of hydrogen-bond acceptors (Lipinski definition) is 3. The summed E-state index contributed by atoms with van der Waals surface area (Å²) in [6.07, 6.45) is 0. The van der Waals surface area contributed by atoms with Crippen LogP contribution in [-0.4, -0.2) is 39.9 Å². The zero-order chi connectivity index (χ0) is 15.0. The van der Waals surface area contributed by atoms with Gasteiger partial charge in [-0.2, -0.15) is 0 Å². The van der Waals surface area contributed by atoms with Crippen LogP contribution in [0.1, 0.15) is 16.2 Å². The van der Waals surface area contributed by atoms with Crippen molar-refractivity contribution in [3.63, 3.8) is 0 Å². The first-order valence-electron chi connectivity index (χ1n) is 6.70. The van der Waals surface area contributed by atoms with E-state index in [-0.39, 0.29) is 5.91 Å². The quantitative estimate of drug-likeness (QED) is 0.785. The Balaban J connectivity index is 2.11. The van der Waals surface area contributed by atoms with Gasteiger partial charge in [0.15, 0.2) is 5.82 Å². The molecule has 0 aliphatic heterocycles. The molecule has 3 aromatic rings. The van der Waals surface area contributed by atoms with Gasteiger partial charge in [0.05, 0.1) is 5.69 Å². The maximum atomic E-state index is 12.1. The van der Waals surface area contributed by atoms with Crippen molar-refractivity contribution in [1.82, 2.24) is 19.9 Å². The molecule has 0 spiro atoms. The molecule has 0 unspecified atom stereocenters. The molecule has 2 heterocycles. The fourth-order valence-electron chi connectivity index (χ4n) is 2.22. The molecule has 1 aromatic carbocycles. The number of benzene rings is 1. The molecule has 0 aliphatic rings. The van der Waals surface area contributed by atoms with Crippen molar-refractivity contribution in [2.75, 3.05) is 14.1 Å². The predicted molar refractivity (Wildman–Crippen MR) is 82.1 cm³/mol. The number of rotatable bonds is 2. The number of nitrogens with zero attached hydrogens (tertiary/aromatic N) is 3. The number of nitrogens with one attached hydrogen (secondary N) is 1. The van der Waals surface area contributed by atoms with Gasteiger partial charge in [-0.1, -0.05) is 18.2 Å². The highest BCUT2D eigenvalue weighted by molar-refractivity contribution is 5.92. The Morgan fingerprint density at radius 2 is 1.90 bits per heavy atom. The Bertz CT molecular complexity index is 787. The molecule has 106 valence electrons. The molecule has 3 rings (SSSR count). The van der Waals surface area contributed by atoms with E-state index in [9.17, 15) is 4.79 Å². The van der Waals surface area contributed by atoms with Gasteiger partial charge in [0.2, 0.25) is 0 Å². The summed E-state index contributed by atoms with van der Waals surface area (Å²) in [5.74, 6) is 0.411. The number of hydrogen-bond donors (Lipinski definition) is 1. The maximum absolute atomic E-state index is 12.1. The van der Waals surface area contributed by atoms with Crippen LogP contribution in [0.25, 0.3) is 22.4 Å². The Morgan fingerprint density at radius 3 is 2.62 bits per heavy atom. The minimum Gasteiger partial charge on any atom is -0.352 e. The van der Waals surface area contributed by atoms with E-state index < -0.39 is 0 Å². The van der Waals surface area contributed by atoms with Gasteiger partial charge in [0.1, 0.15) is 5.69 Å². The summed E-state index contributed by atoms with van der Waals surface area (Å²) in [5.41, 5.74) is 3.01. The summed E-state index contributed by atoms with van der Waals surface area (Å²) in [6.45, 7) is 1.86. The van der Waals surface area contributed by atoms with E-state index in [1.807, 2.05) is 37.3 Å². The first kappa shape index (κ1) is 13.3. The molecule has 0 radical (unpaired) electrons. The van der Waals surface area contributed by atoms with Crippen LogP contribution in [-0.2, 0) is 0 Å². The van der Waals surface area contributed by atoms with Crippen LogP contribution in [0.4, 0.5) is 0 Å². The average Bonchev–Trinajstić information content (AvgIpc) is 2.89. The molecule has 5 nitrogen and oxygen atoms in total. The number of fused-ring (bicyclic) bond motifs is 1. The lowest BCUT2D eigenvalue weighted by Crippen LogP contribution is -2.23. The van der Waals surface area contributed by atoms with Gasteiger partial charge in [0.25, 0.3) is 5.91 Å². The van der Waals surface area contributed by atoms with Crippen LogP contribution in [0.3, 0.4) is 0 Å². The van der Waals surface area contributed by atoms with E-state index in [0.717, 1.165) is 22.3 Å². The Kier molecular flexibility index (Phi) is 3.17. The Morgan fingerprint density at radius 1 is 1.14 bits per heavy atom. The third-order valence-electron chi connectivity index (χ3n) is 3.25. The number of carbonyl (C=O) groups is 1. The van der Waals surface area contributed by atoms with E-state index in [1.165, 1.54) is 4.90 Å². The largest absolute Gasteiger partial charge is 0.352 e. The molecule has 21 heavy (non-hydrogen) atoms. The molecule has 5 heteroatoms. The number of H-pyrrole nitrogens is 1. The van der Waals surface area contributed by atoms with Crippen molar-refractivity contribution >= 4 is 16.8 Å². The molecule has 0 fully saturated rings. The van der Waals surface area contributed by atoms with E-state index >= 15 is 0 Å². The number of aromatic amines is 1. The van der Waals surface area contributed by atoms with Crippen LogP contribution < -0.4 is 0 Å². The number of amides is 1. The van der Waals surface area contributed by atoms with Crippen molar-refractivity contribution in [3.8, 4) is 11.5 Å². The van der Waals surface area contributed by atoms with E-state index in [4.69, 9.17) is 0 Å². The molecule has 0 aliphatic carbocycles. The SMILES string of the molecule is Cc1cc(C(=O)N(C)C)nc(-c2cc3ccccc3[nH]2)n1. The van der Waals surface area contributed by atoms with Gasteiger partial charge in [-0.15, -0.1) is 0 Å². The van der Waals surface area contributed by atoms with Crippen LogP contribution >= 0.6 is 0 Å². The van der Waals surface area contributed by atoms with Crippen LogP contribution in [0.2, 0.25) is 0 Å². The molecule has 1 amide bonds. The Labute approximate surface area is 122 Å². The Hall–Kier alpha value is -2.69. The summed E-state index contributed by atoms with van der Waals surface area (Å²) in [4.78, 5) is 25.7. The first-order valence-corrected chi connectivity index (χ1v) is 6.70. The number of carbonyl (C=O) groups excluding carboxylic acids is 1. The summed E-state index contributed by atoms with van der Waals surface area (Å²) < 4.78 is 0. The smallest absolute Gasteiger partial charge is 0.272 e. The van der Waals surface area contributed by atoms with Crippen LogP contribution in [0.5, 0.6) is 0 Å². The lowest BCUT2D eigenvalue weighted by Gasteiger charge is -2.10. The summed E-state index contributed by atoms with van der Waals surface area (Å²) in [7, 11) is 3.42. The fraction of sp³-hybridized carbons (Fsp3) is 0.188. The highest BCUT2D eigenvalue weighted by atomic mass is 16.2. The van der Waals surface area contributed by atoms with Crippen molar-refractivity contribution in [2.45, 2.75) is 6.92 Å². The first-order chi connectivity index (χ1) is 10.0. The number of para-hydroxylation sites is 1. The highest BCUT2D eigenvalue weighted by Gasteiger charge is 2.14. The molecule has 0 bridgehead atoms. The van der Waals surface area contributed by atoms with Gasteiger partial charge in [-0.25, -0.2) is 9.97 Å². The van der Waals surface area contributed by atoms with E-state index in [2.05, 4.69) is 15.0 Å². The standard InChI is InChI=1S/C16H16N4O/c1-10-8-14(16(21)20(2)3)19-15(17-10)13-9-11-6-4-5-7-12(11)18-13/h4-9,18H,1-3H3. The van der Waals surface area contributed by atoms with E-state index in [1.54, 1.807) is 20.2 Å². The van der Waals surface area contributed by atoms with Crippen molar-refractivity contribution in [2.24, 2.45) is 0 Å². The lowest BCUT2D eigenvalue weighted by atomic mass is 10.2. The zero-order valence-electron chi connectivity index (χ0n) is 12.2. The highest BCUT2D eigenvalue weighted by Crippen LogP contribution is 2.22. The average molecular weight is 280 g/mol. The summed E-state index contributed by atoms with van der Waals surface area (Å²) in [5, 5.41) is 1.10. The summed E-state index contributed by atoms with van der Waals surface area (Å²) >= 11 is 0. The van der Waals surface area contributed by atoms with Gasteiger partial charge in [0, 0.05) is 30.7 Å². The van der Waals surface area contributed by atoms with Crippen LogP contribution in [0.15, 0.2) is 36.4 Å². The molecule has 1 N–H and O–H groups in total. The minimum absolute atomic E-state index is 0.127. The minimum atomic E-state index is -0.127. The van der Waals surface area contributed by atoms with Gasteiger partial charge in [-0.05, 0) is 25.1 Å². The topological polar surface area (TPSA) is 61.9 Å². The van der Waals surface area contributed by atoms with Gasteiger partial charge in [-0.3, -0.25) is 4.79 Å². The lowest BCUT2D eigenvalue weighted by molar-refractivity contribution is 0.0822. The normalized spacial score (nSPS) is 10.8. The second kappa shape index (κ2) is 5.01. The van der Waals surface area contributed by atoms with Crippen molar-refractivity contribution in [3.05, 3.63) is 47.8 Å². The molecular weight excluding hydrogens is 264 g/mol. The van der Waals surface area contributed by atoms with Crippen LogP contribution in [0, 0.1) is 6.92 Å². The maximum Gasteiger partial charge on any atom is 0.272 e. The van der Waals surface area contributed by atoms with Gasteiger partial charge < -0.3 is 9.88 Å². The zero-order valence-corrected chi connectivity index (χ0v) is 12.2. The number of aryl methyl sites for hydroxylation is 1. The second-order valence-corrected chi connectivity index (χ2v) is 5.19. The summed E-state index contributed by atoms with van der Waals surface area (Å²) in [6, 6.07) is 11.7. The van der Waals surface area contributed by atoms with Crippen molar-refractivity contribution in [1.29, 1.82) is 0 Å². The fourth-order valence-corrected chi connectivity index (χ4v) is 2.22. The molecule has 0 saturated carbocycles. The number of aromatic nitrogens is 3. The van der Waals surface area contributed by atoms with E-state index in [0.29, 0.717) is 11.5 Å². The molecule has 0 saturated heterocycles. The third-order valence-corrected chi connectivity index (χ3v) is 3.25. The van der Waals surface area contributed by atoms with Crippen molar-refractivity contribution < 1.29 is 4.79 Å². The second-order valence-electron chi connectivity index (χ2n) is 5.19. The third kappa shape index (κ3) is 2.50. The molecule has 2 aromatic heterocycles. The van der Waals surface area contributed by atoms with Gasteiger partial charge >= 0.3 is 0 Å².